The molecule has 1 saturated heterocycles. The van der Waals surface area contributed by atoms with Gasteiger partial charge in [-0.2, -0.15) is 0 Å². The summed E-state index contributed by atoms with van der Waals surface area (Å²) in [4.78, 5) is 7.08. The minimum atomic E-state index is 0.600. The van der Waals surface area contributed by atoms with E-state index in [9.17, 15) is 0 Å². The maximum Gasteiger partial charge on any atom is 0.0313 e. The Bertz CT molecular complexity index is 454. The summed E-state index contributed by atoms with van der Waals surface area (Å²) >= 11 is 0. The van der Waals surface area contributed by atoms with Gasteiger partial charge in [0.1, 0.15) is 0 Å². The predicted molar refractivity (Wildman–Crippen MR) is 87.2 cm³/mol. The number of pyridine rings is 1. The normalized spacial score (nSPS) is 28.7. The van der Waals surface area contributed by atoms with Gasteiger partial charge < -0.3 is 5.32 Å². The molecule has 2 heterocycles. The number of hydrogen-bond acceptors (Lipinski definition) is 3. The molecule has 2 unspecified atom stereocenters. The first-order valence-corrected chi connectivity index (χ1v) is 8.60. The Morgan fingerprint density at radius 2 is 2.05 bits per heavy atom. The molecule has 0 amide bonds. The van der Waals surface area contributed by atoms with Crippen molar-refractivity contribution in [3.63, 3.8) is 0 Å². The summed E-state index contributed by atoms with van der Waals surface area (Å²) in [5, 5.41) is 3.70. The SMILES string of the molecule is Cc1cncc(CN2CC(C)NCC2C2CCCCC2)c1. The topological polar surface area (TPSA) is 28.2 Å². The lowest BCUT2D eigenvalue weighted by molar-refractivity contribution is 0.0688. The van der Waals surface area contributed by atoms with Crippen LogP contribution in [0.4, 0.5) is 0 Å². The van der Waals surface area contributed by atoms with Crippen molar-refractivity contribution in [1.82, 2.24) is 15.2 Å². The van der Waals surface area contributed by atoms with Gasteiger partial charge in [0, 0.05) is 44.1 Å². The number of nitrogens with zero attached hydrogens (tertiary/aromatic N) is 2. The summed E-state index contributed by atoms with van der Waals surface area (Å²) in [5.41, 5.74) is 2.63. The van der Waals surface area contributed by atoms with E-state index in [4.69, 9.17) is 0 Å². The maximum atomic E-state index is 4.36. The molecule has 1 aromatic heterocycles. The van der Waals surface area contributed by atoms with Crippen molar-refractivity contribution in [1.29, 1.82) is 0 Å². The fourth-order valence-electron chi connectivity index (χ4n) is 4.11. The highest BCUT2D eigenvalue weighted by atomic mass is 15.2. The van der Waals surface area contributed by atoms with Gasteiger partial charge in [0.15, 0.2) is 0 Å². The molecule has 1 aliphatic heterocycles. The van der Waals surface area contributed by atoms with Crippen LogP contribution in [0.5, 0.6) is 0 Å². The summed E-state index contributed by atoms with van der Waals surface area (Å²) < 4.78 is 0. The lowest BCUT2D eigenvalue weighted by Crippen LogP contribution is -2.57. The summed E-state index contributed by atoms with van der Waals surface area (Å²) in [6.07, 6.45) is 11.1. The van der Waals surface area contributed by atoms with Crippen LogP contribution < -0.4 is 5.32 Å². The van der Waals surface area contributed by atoms with Crippen LogP contribution in [0.1, 0.15) is 50.2 Å². The van der Waals surface area contributed by atoms with E-state index < -0.39 is 0 Å². The largest absolute Gasteiger partial charge is 0.311 e. The predicted octanol–water partition coefficient (Wildman–Crippen LogP) is 3.13. The van der Waals surface area contributed by atoms with Gasteiger partial charge in [-0.1, -0.05) is 25.3 Å². The molecular weight excluding hydrogens is 258 g/mol. The molecule has 0 radical (unpaired) electrons. The number of aromatic nitrogens is 1. The van der Waals surface area contributed by atoms with Gasteiger partial charge >= 0.3 is 0 Å². The zero-order valence-corrected chi connectivity index (χ0v) is 13.5. The van der Waals surface area contributed by atoms with Crippen LogP contribution in [0.3, 0.4) is 0 Å². The molecule has 2 fully saturated rings. The first kappa shape index (κ1) is 15.0. The summed E-state index contributed by atoms with van der Waals surface area (Å²) in [6.45, 7) is 7.82. The summed E-state index contributed by atoms with van der Waals surface area (Å²) in [5.74, 6) is 0.886. The highest BCUT2D eigenvalue weighted by Crippen LogP contribution is 2.30. The van der Waals surface area contributed by atoms with Crippen molar-refractivity contribution in [2.45, 2.75) is 64.6 Å². The number of nitrogens with one attached hydrogen (secondary N) is 1. The zero-order chi connectivity index (χ0) is 14.7. The molecular formula is C18H29N3. The highest BCUT2D eigenvalue weighted by molar-refractivity contribution is 5.16. The Labute approximate surface area is 129 Å². The van der Waals surface area contributed by atoms with Crippen LogP contribution in [0.2, 0.25) is 0 Å². The van der Waals surface area contributed by atoms with Crippen molar-refractivity contribution >= 4 is 0 Å². The van der Waals surface area contributed by atoms with Gasteiger partial charge in [0.05, 0.1) is 0 Å². The Hall–Kier alpha value is -0.930. The molecule has 0 aromatic carbocycles. The first-order chi connectivity index (χ1) is 10.2. The highest BCUT2D eigenvalue weighted by Gasteiger charge is 2.32. The standard InChI is InChI=1S/C18H29N3/c1-14-8-16(10-19-9-14)13-21-12-15(2)20-11-18(21)17-6-4-3-5-7-17/h8-10,15,17-18,20H,3-7,11-13H2,1-2H3. The quantitative estimate of drug-likeness (QED) is 0.926. The molecule has 1 aliphatic carbocycles. The molecule has 0 spiro atoms. The number of hydrogen-bond donors (Lipinski definition) is 1. The van der Waals surface area contributed by atoms with E-state index in [2.05, 4.69) is 35.1 Å². The van der Waals surface area contributed by atoms with Gasteiger partial charge in [-0.25, -0.2) is 0 Å². The number of aryl methyl sites for hydroxylation is 1. The maximum absolute atomic E-state index is 4.36. The van der Waals surface area contributed by atoms with E-state index in [1.54, 1.807) is 0 Å². The minimum Gasteiger partial charge on any atom is -0.311 e. The van der Waals surface area contributed by atoms with Crippen molar-refractivity contribution < 1.29 is 0 Å². The summed E-state index contributed by atoms with van der Waals surface area (Å²) in [7, 11) is 0. The molecule has 3 nitrogen and oxygen atoms in total. The van der Waals surface area contributed by atoms with Crippen molar-refractivity contribution in [2.75, 3.05) is 13.1 Å². The fourth-order valence-corrected chi connectivity index (χ4v) is 4.11. The summed E-state index contributed by atoms with van der Waals surface area (Å²) in [6, 6.07) is 3.60. The average molecular weight is 287 g/mol. The van der Waals surface area contributed by atoms with Crippen LogP contribution in [0.25, 0.3) is 0 Å². The Morgan fingerprint density at radius 3 is 2.81 bits per heavy atom. The van der Waals surface area contributed by atoms with Crippen LogP contribution >= 0.6 is 0 Å². The molecule has 1 N–H and O–H groups in total. The zero-order valence-electron chi connectivity index (χ0n) is 13.5. The van der Waals surface area contributed by atoms with E-state index in [1.165, 1.54) is 43.2 Å². The van der Waals surface area contributed by atoms with E-state index in [1.807, 2.05) is 12.4 Å². The molecule has 3 heteroatoms. The second-order valence-corrected chi connectivity index (χ2v) is 7.07. The molecule has 3 rings (SSSR count). The number of piperazine rings is 1. The molecule has 1 aromatic rings. The second-order valence-electron chi connectivity index (χ2n) is 7.07. The minimum absolute atomic E-state index is 0.600. The van der Waals surface area contributed by atoms with Crippen molar-refractivity contribution in [3.05, 3.63) is 29.6 Å². The van der Waals surface area contributed by atoms with E-state index in [-0.39, 0.29) is 0 Å². The molecule has 21 heavy (non-hydrogen) atoms. The Balaban J connectivity index is 1.71. The van der Waals surface area contributed by atoms with Crippen LogP contribution in [0, 0.1) is 12.8 Å². The average Bonchev–Trinajstić information content (AvgIpc) is 2.48. The molecule has 1 saturated carbocycles. The van der Waals surface area contributed by atoms with E-state index >= 15 is 0 Å². The van der Waals surface area contributed by atoms with Gasteiger partial charge in [-0.05, 0) is 43.7 Å². The Morgan fingerprint density at radius 1 is 1.24 bits per heavy atom. The third kappa shape index (κ3) is 3.83. The molecule has 2 aliphatic rings. The lowest BCUT2D eigenvalue weighted by atomic mass is 9.82. The van der Waals surface area contributed by atoms with Gasteiger partial charge in [-0.15, -0.1) is 0 Å². The fraction of sp³-hybridized carbons (Fsp3) is 0.722. The second kappa shape index (κ2) is 6.89. The van der Waals surface area contributed by atoms with Gasteiger partial charge in [-0.3, -0.25) is 9.88 Å². The van der Waals surface area contributed by atoms with E-state index in [0.29, 0.717) is 12.1 Å². The molecule has 2 atom stereocenters. The first-order valence-electron chi connectivity index (χ1n) is 8.60. The third-order valence-electron chi connectivity index (χ3n) is 5.16. The van der Waals surface area contributed by atoms with Gasteiger partial charge in [0.25, 0.3) is 0 Å². The smallest absolute Gasteiger partial charge is 0.0313 e. The van der Waals surface area contributed by atoms with Crippen LogP contribution in [0.15, 0.2) is 18.5 Å². The number of rotatable bonds is 3. The van der Waals surface area contributed by atoms with Crippen molar-refractivity contribution in [3.8, 4) is 0 Å². The Kier molecular flexibility index (Phi) is 4.91. The molecule has 116 valence electrons. The van der Waals surface area contributed by atoms with Crippen LogP contribution in [-0.2, 0) is 6.54 Å². The lowest BCUT2D eigenvalue weighted by Gasteiger charge is -2.44. The van der Waals surface area contributed by atoms with E-state index in [0.717, 1.165) is 25.6 Å². The van der Waals surface area contributed by atoms with Crippen LogP contribution in [-0.4, -0.2) is 35.1 Å². The molecule has 0 bridgehead atoms. The van der Waals surface area contributed by atoms with Crippen molar-refractivity contribution in [2.24, 2.45) is 5.92 Å². The monoisotopic (exact) mass is 287 g/mol. The third-order valence-corrected chi connectivity index (χ3v) is 5.16. The van der Waals surface area contributed by atoms with Gasteiger partial charge in [0.2, 0.25) is 0 Å².